The molecule has 6 fully saturated rings. The highest BCUT2D eigenvalue weighted by Gasteiger charge is 2.82. The van der Waals surface area contributed by atoms with E-state index in [1.54, 1.807) is 0 Å². The molecule has 0 amide bonds. The van der Waals surface area contributed by atoms with E-state index in [4.69, 9.17) is 9.47 Å². The first-order valence-corrected chi connectivity index (χ1v) is 20.9. The van der Waals surface area contributed by atoms with Gasteiger partial charge in [0, 0.05) is 18.8 Å². The minimum atomic E-state index is -0.753. The van der Waals surface area contributed by atoms with Crippen molar-refractivity contribution in [2.24, 2.45) is 50.7 Å². The monoisotopic (exact) mass is 681 g/mol. The number of carbonyl (C=O) groups excluding carboxylic acids is 2. The molecule has 0 aromatic heterocycles. The fourth-order valence-corrected chi connectivity index (χ4v) is 14.2. The summed E-state index contributed by atoms with van der Waals surface area (Å²) in [7, 11) is 0. The zero-order chi connectivity index (χ0) is 35.5. The summed E-state index contributed by atoms with van der Waals surface area (Å²) in [6.45, 7) is 21.1. The predicted octanol–water partition coefficient (Wildman–Crippen LogP) is 10.9. The third kappa shape index (κ3) is 5.62. The summed E-state index contributed by atoms with van der Waals surface area (Å²) < 4.78 is 12.9. The molecule has 1 N–H and O–H groups in total. The average Bonchev–Trinajstić information content (AvgIpc) is 3.47. The van der Waals surface area contributed by atoms with Crippen LogP contribution < -0.4 is 0 Å². The highest BCUT2D eigenvalue weighted by Crippen LogP contribution is 2.80. The van der Waals surface area contributed by atoms with E-state index in [2.05, 4.69) is 48.1 Å². The molecule has 0 aromatic rings. The van der Waals surface area contributed by atoms with Gasteiger partial charge in [0.15, 0.2) is 0 Å². The average molecular weight is 681 g/mol. The van der Waals surface area contributed by atoms with Crippen molar-refractivity contribution in [1.82, 2.24) is 0 Å². The lowest BCUT2D eigenvalue weighted by Crippen LogP contribution is -2.67. The van der Waals surface area contributed by atoms with Crippen molar-refractivity contribution in [2.75, 3.05) is 0 Å². The quantitative estimate of drug-likeness (QED) is 0.112. The largest absolute Gasteiger partial charge is 0.461 e. The van der Waals surface area contributed by atoms with E-state index in [0.717, 1.165) is 63.4 Å². The van der Waals surface area contributed by atoms with Crippen molar-refractivity contribution in [2.45, 2.75) is 201 Å². The number of hydrogen-bond acceptors (Lipinski definition) is 5. The normalized spacial score (nSPS) is 44.7. The lowest BCUT2D eigenvalue weighted by Gasteiger charge is -2.72. The minimum Gasteiger partial charge on any atom is -0.461 e. The maximum Gasteiger partial charge on any atom is 0.317 e. The van der Waals surface area contributed by atoms with Crippen LogP contribution in [0.1, 0.15) is 183 Å². The molecule has 2 bridgehead atoms. The molecule has 11 atom stereocenters. The second-order valence-electron chi connectivity index (χ2n) is 19.6. The van der Waals surface area contributed by atoms with Gasteiger partial charge in [0.25, 0.3) is 0 Å². The van der Waals surface area contributed by atoms with Crippen LogP contribution in [0, 0.1) is 50.7 Å². The lowest BCUT2D eigenvalue weighted by atomic mass is 9.32. The standard InChI is InChI=1S/C44H72O5/c1-9-10-11-12-13-14-15-16-17-18-19-20-36(46)48-35-29-44(30(2)3)37-31-21-22-33-40(6)25-24-34(45)39(4,5)32(40)23-26-42(33,8)41(31,7)27-28-43(35,37)38(47)49-44/h31-35,37,45H,2,9-29H2,1,3-8H3/t31-,32-,33+,34-,35-,37-,40-,41-,42-,43-,44-/m1/s1. The van der Waals surface area contributed by atoms with Crippen molar-refractivity contribution in [1.29, 1.82) is 0 Å². The van der Waals surface area contributed by atoms with Gasteiger partial charge in [-0.3, -0.25) is 9.59 Å². The molecule has 5 heteroatoms. The summed E-state index contributed by atoms with van der Waals surface area (Å²) in [6.07, 6.45) is 22.4. The molecule has 0 radical (unpaired) electrons. The Bertz CT molecular complexity index is 1260. The van der Waals surface area contributed by atoms with Crippen LogP contribution in [-0.2, 0) is 19.1 Å². The molecule has 49 heavy (non-hydrogen) atoms. The Morgan fingerprint density at radius 2 is 1.45 bits per heavy atom. The molecule has 6 rings (SSSR count). The molecular formula is C44H72O5. The molecule has 0 spiro atoms. The van der Waals surface area contributed by atoms with E-state index in [-0.39, 0.29) is 45.6 Å². The number of fused-ring (bicyclic) bond motifs is 5. The van der Waals surface area contributed by atoms with Gasteiger partial charge < -0.3 is 14.6 Å². The summed E-state index contributed by atoms with van der Waals surface area (Å²) in [4.78, 5) is 27.6. The number of unbranched alkanes of at least 4 members (excludes halogenated alkanes) is 10. The highest BCUT2D eigenvalue weighted by atomic mass is 16.6. The molecule has 278 valence electrons. The van der Waals surface area contributed by atoms with Gasteiger partial charge in [0.05, 0.1) is 6.10 Å². The van der Waals surface area contributed by atoms with Crippen LogP contribution in [0.25, 0.3) is 0 Å². The van der Waals surface area contributed by atoms with Crippen LogP contribution in [0.4, 0.5) is 0 Å². The Morgan fingerprint density at radius 3 is 2.08 bits per heavy atom. The molecule has 1 saturated heterocycles. The SMILES string of the molecule is C=C(C)[C@]12C[C@@H](OC(=O)CCCCCCCCCCCCC)[C@@]3(CC[C@]4(C)[C@H](CC[C@H]5[C@]6(C)CC[C@@H](O)C(C)(C)[C@H]6CC[C@]54C)[C@H]31)C(=O)O2. The van der Waals surface area contributed by atoms with Crippen LogP contribution in [0.15, 0.2) is 12.2 Å². The maximum absolute atomic E-state index is 14.2. The van der Waals surface area contributed by atoms with Gasteiger partial charge in [-0.05, 0) is 110 Å². The summed E-state index contributed by atoms with van der Waals surface area (Å²) in [5.74, 6) is 1.18. The van der Waals surface area contributed by atoms with Crippen LogP contribution >= 0.6 is 0 Å². The van der Waals surface area contributed by atoms with E-state index < -0.39 is 17.1 Å². The van der Waals surface area contributed by atoms with Gasteiger partial charge in [-0.15, -0.1) is 0 Å². The number of ether oxygens (including phenoxy) is 2. The first-order chi connectivity index (χ1) is 23.1. The Labute approximate surface area is 299 Å². The Balaban J connectivity index is 1.14. The fraction of sp³-hybridized carbons (Fsp3) is 0.909. The predicted molar refractivity (Wildman–Crippen MR) is 197 cm³/mol. The molecule has 1 aliphatic heterocycles. The third-order valence-electron chi connectivity index (χ3n) is 17.1. The smallest absolute Gasteiger partial charge is 0.317 e. The molecule has 6 aliphatic rings. The number of rotatable bonds is 14. The third-order valence-corrected chi connectivity index (χ3v) is 17.1. The second-order valence-corrected chi connectivity index (χ2v) is 19.6. The molecule has 0 aromatic carbocycles. The first kappa shape index (κ1) is 37.4. The Kier molecular flexibility index (Phi) is 10.4. The van der Waals surface area contributed by atoms with Gasteiger partial charge in [-0.25, -0.2) is 0 Å². The second kappa shape index (κ2) is 13.6. The molecule has 1 heterocycles. The zero-order valence-corrected chi connectivity index (χ0v) is 32.6. The topological polar surface area (TPSA) is 72.8 Å². The number of aliphatic hydroxyl groups is 1. The molecule has 5 aliphatic carbocycles. The number of esters is 2. The van der Waals surface area contributed by atoms with Crippen LogP contribution in [0.2, 0.25) is 0 Å². The molecular weight excluding hydrogens is 608 g/mol. The number of hydrogen-bond donors (Lipinski definition) is 1. The van der Waals surface area contributed by atoms with Crippen molar-refractivity contribution in [3.05, 3.63) is 12.2 Å². The van der Waals surface area contributed by atoms with Crippen molar-refractivity contribution in [3.63, 3.8) is 0 Å². The van der Waals surface area contributed by atoms with Crippen LogP contribution in [0.5, 0.6) is 0 Å². The zero-order valence-electron chi connectivity index (χ0n) is 32.6. The Morgan fingerprint density at radius 1 is 0.816 bits per heavy atom. The van der Waals surface area contributed by atoms with E-state index in [9.17, 15) is 14.7 Å². The van der Waals surface area contributed by atoms with Crippen LogP contribution in [-0.4, -0.2) is 34.9 Å². The van der Waals surface area contributed by atoms with Crippen molar-refractivity contribution in [3.8, 4) is 0 Å². The van der Waals surface area contributed by atoms with Crippen LogP contribution in [0.3, 0.4) is 0 Å². The summed E-state index contributed by atoms with van der Waals surface area (Å²) >= 11 is 0. The van der Waals surface area contributed by atoms with Gasteiger partial charge in [0.1, 0.15) is 17.1 Å². The minimum absolute atomic E-state index is 0.0106. The van der Waals surface area contributed by atoms with E-state index >= 15 is 0 Å². The lowest BCUT2D eigenvalue weighted by molar-refractivity contribution is -0.247. The molecule has 0 unspecified atom stereocenters. The fourth-order valence-electron chi connectivity index (χ4n) is 14.2. The summed E-state index contributed by atoms with van der Waals surface area (Å²) in [6, 6.07) is 0. The van der Waals surface area contributed by atoms with Crippen molar-refractivity contribution < 1.29 is 24.2 Å². The molecule has 5 nitrogen and oxygen atoms in total. The van der Waals surface area contributed by atoms with Gasteiger partial charge >= 0.3 is 11.9 Å². The van der Waals surface area contributed by atoms with E-state index in [1.807, 2.05) is 6.92 Å². The number of carbonyl (C=O) groups is 2. The molecule has 5 saturated carbocycles. The summed E-state index contributed by atoms with van der Waals surface area (Å²) in [5, 5.41) is 11.1. The summed E-state index contributed by atoms with van der Waals surface area (Å²) in [5.41, 5.74) is -0.235. The van der Waals surface area contributed by atoms with Gasteiger partial charge in [-0.1, -0.05) is 112 Å². The Hall–Kier alpha value is -1.36. The first-order valence-electron chi connectivity index (χ1n) is 20.9. The van der Waals surface area contributed by atoms with Gasteiger partial charge in [-0.2, -0.15) is 0 Å². The van der Waals surface area contributed by atoms with Gasteiger partial charge in [0.2, 0.25) is 0 Å². The van der Waals surface area contributed by atoms with E-state index in [0.29, 0.717) is 30.6 Å². The number of aliphatic hydroxyl groups excluding tert-OH is 1. The van der Waals surface area contributed by atoms with Crippen molar-refractivity contribution >= 4 is 11.9 Å². The van der Waals surface area contributed by atoms with E-state index in [1.165, 1.54) is 64.2 Å². The highest BCUT2D eigenvalue weighted by molar-refractivity contribution is 5.85. The maximum atomic E-state index is 14.2.